The van der Waals surface area contributed by atoms with Crippen molar-refractivity contribution in [3.05, 3.63) is 64.7 Å². The lowest BCUT2D eigenvalue weighted by Gasteiger charge is -2.38. The van der Waals surface area contributed by atoms with Gasteiger partial charge in [-0.15, -0.1) is 0 Å². The number of nitrogens with zero attached hydrogens (tertiary/aromatic N) is 1. The zero-order chi connectivity index (χ0) is 19.7. The molecule has 146 valence electrons. The molecule has 1 amide bonds. The van der Waals surface area contributed by atoms with Crippen molar-refractivity contribution in [2.45, 2.75) is 24.8 Å². The summed E-state index contributed by atoms with van der Waals surface area (Å²) in [4.78, 5) is 26.3. The van der Waals surface area contributed by atoms with E-state index in [-0.39, 0.29) is 11.3 Å². The Morgan fingerprint density at radius 3 is 2.43 bits per heavy atom. The Morgan fingerprint density at radius 2 is 1.79 bits per heavy atom. The van der Waals surface area contributed by atoms with Crippen LogP contribution in [0.5, 0.6) is 5.75 Å². The van der Waals surface area contributed by atoms with E-state index in [9.17, 15) is 9.59 Å². The van der Waals surface area contributed by atoms with Gasteiger partial charge in [-0.05, 0) is 48.7 Å². The smallest absolute Gasteiger partial charge is 0.337 e. The topological polar surface area (TPSA) is 81.9 Å². The second-order valence-electron chi connectivity index (χ2n) is 7.46. The number of likely N-dealkylation sites (tertiary alicyclic amines) is 1. The second-order valence-corrected chi connectivity index (χ2v) is 7.46. The zero-order valence-electron chi connectivity index (χ0n) is 15.9. The van der Waals surface area contributed by atoms with E-state index in [1.54, 1.807) is 24.3 Å². The molecule has 0 radical (unpaired) electrons. The molecule has 0 aliphatic carbocycles. The third kappa shape index (κ3) is 3.14. The molecule has 0 unspecified atom stereocenters. The van der Waals surface area contributed by atoms with Gasteiger partial charge in [0.05, 0.1) is 19.3 Å². The van der Waals surface area contributed by atoms with E-state index in [0.29, 0.717) is 37.4 Å². The van der Waals surface area contributed by atoms with Crippen LogP contribution in [0.15, 0.2) is 42.5 Å². The Bertz CT molecular complexity index is 899. The first-order chi connectivity index (χ1) is 13.6. The highest BCUT2D eigenvalue weighted by Crippen LogP contribution is 2.45. The molecule has 2 aliphatic heterocycles. The minimum Gasteiger partial charge on any atom is -0.492 e. The Balaban J connectivity index is 1.46. The van der Waals surface area contributed by atoms with Crippen LogP contribution in [-0.4, -0.2) is 43.6 Å². The molecule has 2 aromatic rings. The lowest BCUT2D eigenvalue weighted by Crippen LogP contribution is -2.46. The second kappa shape index (κ2) is 7.28. The van der Waals surface area contributed by atoms with Crippen molar-refractivity contribution in [2.75, 3.05) is 26.8 Å². The van der Waals surface area contributed by atoms with Crippen molar-refractivity contribution in [1.29, 1.82) is 0 Å². The number of carbonyl (C=O) groups excluding carboxylic acids is 2. The highest BCUT2D eigenvalue weighted by atomic mass is 16.5. The number of carbonyl (C=O) groups is 2. The lowest BCUT2D eigenvalue weighted by molar-refractivity contribution is 0.0597. The fourth-order valence-corrected chi connectivity index (χ4v) is 4.14. The molecule has 6 heteroatoms. The van der Waals surface area contributed by atoms with E-state index >= 15 is 0 Å². The largest absolute Gasteiger partial charge is 0.492 e. The molecule has 1 saturated heterocycles. The Labute approximate surface area is 164 Å². The van der Waals surface area contributed by atoms with Crippen LogP contribution in [0, 0.1) is 0 Å². The standard InChI is InChI=1S/C22H24N2O4/c1-27-21(26)17-5-3-16(4-6-17)20(25)24-10-8-22(9-11-24)14-28-19-7-2-15(13-23)12-18(19)22/h2-7,12H,8-11,13-14,23H2,1H3. The summed E-state index contributed by atoms with van der Waals surface area (Å²) in [5.41, 5.74) is 9.12. The van der Waals surface area contributed by atoms with Crippen molar-refractivity contribution in [3.63, 3.8) is 0 Å². The lowest BCUT2D eigenvalue weighted by atomic mass is 9.74. The molecule has 1 fully saturated rings. The molecule has 2 aromatic carbocycles. The third-order valence-corrected chi connectivity index (χ3v) is 5.92. The maximum Gasteiger partial charge on any atom is 0.337 e. The summed E-state index contributed by atoms with van der Waals surface area (Å²) in [6.07, 6.45) is 1.72. The minimum absolute atomic E-state index is 0.0129. The number of esters is 1. The number of amides is 1. The minimum atomic E-state index is -0.407. The quantitative estimate of drug-likeness (QED) is 0.828. The predicted molar refractivity (Wildman–Crippen MR) is 104 cm³/mol. The molecule has 4 rings (SSSR count). The van der Waals surface area contributed by atoms with Crippen LogP contribution in [-0.2, 0) is 16.7 Å². The number of methoxy groups -OCH3 is 1. The van der Waals surface area contributed by atoms with Crippen molar-refractivity contribution in [3.8, 4) is 5.75 Å². The zero-order valence-corrected chi connectivity index (χ0v) is 15.9. The van der Waals surface area contributed by atoms with Crippen LogP contribution < -0.4 is 10.5 Å². The van der Waals surface area contributed by atoms with E-state index in [4.69, 9.17) is 15.2 Å². The molecular weight excluding hydrogens is 356 g/mol. The monoisotopic (exact) mass is 380 g/mol. The van der Waals surface area contributed by atoms with E-state index in [1.165, 1.54) is 12.7 Å². The van der Waals surface area contributed by atoms with Crippen LogP contribution in [0.2, 0.25) is 0 Å². The summed E-state index contributed by atoms with van der Waals surface area (Å²) in [5, 5.41) is 0. The first-order valence-electron chi connectivity index (χ1n) is 9.50. The van der Waals surface area contributed by atoms with Crippen molar-refractivity contribution < 1.29 is 19.1 Å². The van der Waals surface area contributed by atoms with Crippen molar-refractivity contribution in [1.82, 2.24) is 4.90 Å². The summed E-state index contributed by atoms with van der Waals surface area (Å²) in [6.45, 7) is 2.52. The fourth-order valence-electron chi connectivity index (χ4n) is 4.14. The van der Waals surface area contributed by atoms with Crippen molar-refractivity contribution in [2.24, 2.45) is 5.73 Å². The summed E-state index contributed by atoms with van der Waals surface area (Å²) < 4.78 is 10.6. The molecule has 0 atom stereocenters. The average molecular weight is 380 g/mol. The molecule has 0 saturated carbocycles. The van der Waals surface area contributed by atoms with Crippen LogP contribution in [0.3, 0.4) is 0 Å². The van der Waals surface area contributed by atoms with Crippen LogP contribution in [0.4, 0.5) is 0 Å². The van der Waals surface area contributed by atoms with Gasteiger partial charge in [0.25, 0.3) is 5.91 Å². The third-order valence-electron chi connectivity index (χ3n) is 5.92. The summed E-state index contributed by atoms with van der Waals surface area (Å²) in [7, 11) is 1.34. The van der Waals surface area contributed by atoms with Gasteiger partial charge in [-0.3, -0.25) is 4.79 Å². The SMILES string of the molecule is COC(=O)c1ccc(C(=O)N2CCC3(CC2)COc2ccc(CN)cc23)cc1. The Morgan fingerprint density at radius 1 is 1.11 bits per heavy atom. The Hall–Kier alpha value is -2.86. The number of nitrogens with two attached hydrogens (primary N) is 1. The van der Waals surface area contributed by atoms with Gasteiger partial charge >= 0.3 is 5.97 Å². The van der Waals surface area contributed by atoms with Crippen molar-refractivity contribution >= 4 is 11.9 Å². The van der Waals surface area contributed by atoms with Gasteiger partial charge in [-0.2, -0.15) is 0 Å². The Kier molecular flexibility index (Phi) is 4.81. The molecule has 6 nitrogen and oxygen atoms in total. The van der Waals surface area contributed by atoms with E-state index < -0.39 is 5.97 Å². The highest BCUT2D eigenvalue weighted by molar-refractivity contribution is 5.96. The predicted octanol–water partition coefficient (Wildman–Crippen LogP) is 2.50. The number of hydrogen-bond donors (Lipinski definition) is 1. The molecule has 28 heavy (non-hydrogen) atoms. The molecule has 2 heterocycles. The summed E-state index contributed by atoms with van der Waals surface area (Å²) in [5.74, 6) is 0.521. The first-order valence-corrected chi connectivity index (χ1v) is 9.50. The summed E-state index contributed by atoms with van der Waals surface area (Å²) in [6, 6.07) is 12.8. The number of fused-ring (bicyclic) bond motifs is 2. The maximum absolute atomic E-state index is 12.9. The van der Waals surface area contributed by atoms with Crippen LogP contribution >= 0.6 is 0 Å². The fraction of sp³-hybridized carbons (Fsp3) is 0.364. The van der Waals surface area contributed by atoms with E-state index in [1.807, 2.05) is 17.0 Å². The van der Waals surface area contributed by atoms with E-state index in [2.05, 4.69) is 6.07 Å². The highest BCUT2D eigenvalue weighted by Gasteiger charge is 2.43. The van der Waals surface area contributed by atoms with Gasteiger partial charge < -0.3 is 20.1 Å². The number of ether oxygens (including phenoxy) is 2. The maximum atomic E-state index is 12.9. The molecule has 2 N–H and O–H groups in total. The van der Waals surface area contributed by atoms with Gasteiger partial charge in [-0.25, -0.2) is 4.79 Å². The van der Waals surface area contributed by atoms with Gasteiger partial charge in [-0.1, -0.05) is 12.1 Å². The van der Waals surface area contributed by atoms with Gasteiger partial charge in [0.1, 0.15) is 5.75 Å². The molecule has 1 spiro atoms. The van der Waals surface area contributed by atoms with Gasteiger partial charge in [0.2, 0.25) is 0 Å². The number of piperidine rings is 1. The average Bonchev–Trinajstić information content (AvgIpc) is 3.10. The number of hydrogen-bond acceptors (Lipinski definition) is 5. The molecule has 0 aromatic heterocycles. The van der Waals surface area contributed by atoms with Gasteiger partial charge in [0.15, 0.2) is 0 Å². The van der Waals surface area contributed by atoms with Crippen LogP contribution in [0.25, 0.3) is 0 Å². The molecule has 2 aliphatic rings. The van der Waals surface area contributed by atoms with E-state index in [0.717, 1.165) is 24.2 Å². The number of rotatable bonds is 3. The van der Waals surface area contributed by atoms with Gasteiger partial charge in [0, 0.05) is 36.2 Å². The summed E-state index contributed by atoms with van der Waals surface area (Å²) >= 11 is 0. The molecule has 0 bridgehead atoms. The first kappa shape index (κ1) is 18.5. The number of benzene rings is 2. The molecular formula is C22H24N2O4. The van der Waals surface area contributed by atoms with Crippen LogP contribution in [0.1, 0.15) is 44.7 Å². The normalized spacial score (nSPS) is 17.1.